The molecule has 166 valence electrons. The van der Waals surface area contributed by atoms with Crippen molar-refractivity contribution < 1.29 is 14.3 Å². The number of carbonyl (C=O) groups excluding carboxylic acids is 2. The number of nitrogens with zero attached hydrogens (tertiary/aromatic N) is 3. The van der Waals surface area contributed by atoms with Gasteiger partial charge in [-0.1, -0.05) is 24.3 Å². The Morgan fingerprint density at radius 1 is 1.00 bits per heavy atom. The molecule has 0 aliphatic carbocycles. The Balaban J connectivity index is 1.41. The van der Waals surface area contributed by atoms with Crippen LogP contribution in [-0.4, -0.2) is 22.0 Å². The van der Waals surface area contributed by atoms with Crippen molar-refractivity contribution in [3.63, 3.8) is 0 Å². The van der Waals surface area contributed by atoms with Crippen LogP contribution in [0.1, 0.15) is 27.0 Å². The molecule has 0 aliphatic heterocycles. The van der Waals surface area contributed by atoms with E-state index in [1.807, 2.05) is 34.9 Å². The lowest BCUT2D eigenvalue weighted by molar-refractivity contribution is -0.113. The van der Waals surface area contributed by atoms with Crippen LogP contribution in [0.4, 0.5) is 5.69 Å². The smallest absolute Gasteiger partial charge is 0.339 e. The van der Waals surface area contributed by atoms with E-state index in [1.165, 1.54) is 11.8 Å². The molecule has 0 radical (unpaired) electrons. The van der Waals surface area contributed by atoms with Crippen LogP contribution in [0.15, 0.2) is 84.0 Å². The van der Waals surface area contributed by atoms with Gasteiger partial charge >= 0.3 is 5.97 Å². The maximum atomic E-state index is 12.8. The minimum atomic E-state index is -0.538. The van der Waals surface area contributed by atoms with Gasteiger partial charge < -0.3 is 14.5 Å². The fourth-order valence-corrected chi connectivity index (χ4v) is 4.25. The third-order valence-corrected chi connectivity index (χ3v) is 6.05. The Morgan fingerprint density at radius 2 is 1.82 bits per heavy atom. The summed E-state index contributed by atoms with van der Waals surface area (Å²) in [6.45, 7) is -0.0435. The highest BCUT2D eigenvalue weighted by Crippen LogP contribution is 2.25. The van der Waals surface area contributed by atoms with Crippen LogP contribution in [-0.2, 0) is 16.1 Å². The van der Waals surface area contributed by atoms with E-state index in [-0.39, 0.29) is 18.3 Å². The molecule has 0 aliphatic rings. The lowest BCUT2D eigenvalue weighted by Crippen LogP contribution is -2.14. The number of esters is 1. The zero-order chi connectivity index (χ0) is 23.9. The fourth-order valence-electron chi connectivity index (χ4n) is 3.41. The topological polar surface area (TPSA) is 107 Å². The van der Waals surface area contributed by atoms with Crippen molar-refractivity contribution in [3.05, 3.63) is 101 Å². The number of amides is 1. The van der Waals surface area contributed by atoms with E-state index < -0.39 is 5.97 Å². The third-order valence-electron chi connectivity index (χ3n) is 4.97. The summed E-state index contributed by atoms with van der Waals surface area (Å²) in [4.78, 5) is 25.8. The summed E-state index contributed by atoms with van der Waals surface area (Å²) < 4.78 is 7.32. The second kappa shape index (κ2) is 10.4. The lowest BCUT2D eigenvalue weighted by Gasteiger charge is -2.10. The molecule has 1 N–H and O–H groups in total. The number of hydrogen-bond acceptors (Lipinski definition) is 6. The highest BCUT2D eigenvalue weighted by molar-refractivity contribution is 8.00. The Morgan fingerprint density at radius 3 is 2.65 bits per heavy atom. The molecule has 2 aromatic heterocycles. The molecule has 4 rings (SSSR count). The van der Waals surface area contributed by atoms with Gasteiger partial charge in [-0.25, -0.2) is 4.79 Å². The first-order chi connectivity index (χ1) is 16.6. The summed E-state index contributed by atoms with van der Waals surface area (Å²) in [7, 11) is 0. The van der Waals surface area contributed by atoms with Crippen LogP contribution in [0.5, 0.6) is 0 Å². The zero-order valence-corrected chi connectivity index (χ0v) is 18.7. The van der Waals surface area contributed by atoms with Gasteiger partial charge in [0.25, 0.3) is 0 Å². The molecule has 0 saturated carbocycles. The molecule has 0 saturated heterocycles. The Hall–Kier alpha value is -4.53. The van der Waals surface area contributed by atoms with Crippen LogP contribution < -0.4 is 5.32 Å². The summed E-state index contributed by atoms with van der Waals surface area (Å²) >= 11 is 1.21. The number of thioether (sulfide) groups is 1. The number of benzene rings is 2. The lowest BCUT2D eigenvalue weighted by atomic mass is 10.2. The summed E-state index contributed by atoms with van der Waals surface area (Å²) in [6.07, 6.45) is 3.60. The molecule has 7 nitrogen and oxygen atoms in total. The number of fused-ring (bicyclic) bond motifs is 1. The maximum absolute atomic E-state index is 12.8. The SMILES string of the molecule is N#Cc1cccc(NC(=O)CSc2ccccc2C(=O)OCc2cn3ccccc3c2C#N)c1. The van der Waals surface area contributed by atoms with Crippen LogP contribution in [0.2, 0.25) is 0 Å². The van der Waals surface area contributed by atoms with E-state index in [0.717, 1.165) is 5.52 Å². The molecule has 0 bridgehead atoms. The van der Waals surface area contributed by atoms with E-state index >= 15 is 0 Å². The highest BCUT2D eigenvalue weighted by Gasteiger charge is 2.17. The molecule has 0 atom stereocenters. The van der Waals surface area contributed by atoms with E-state index in [2.05, 4.69) is 11.4 Å². The summed E-state index contributed by atoms with van der Waals surface area (Å²) in [5.41, 5.74) is 3.16. The van der Waals surface area contributed by atoms with Gasteiger partial charge in [0, 0.05) is 28.5 Å². The zero-order valence-electron chi connectivity index (χ0n) is 17.9. The third kappa shape index (κ3) is 5.09. The molecule has 2 aromatic carbocycles. The maximum Gasteiger partial charge on any atom is 0.339 e. The number of hydrogen-bond donors (Lipinski definition) is 1. The van der Waals surface area contributed by atoms with Gasteiger partial charge in [-0.2, -0.15) is 10.5 Å². The number of ether oxygens (including phenoxy) is 1. The summed E-state index contributed by atoms with van der Waals surface area (Å²) in [5, 5.41) is 21.3. The number of pyridine rings is 1. The van der Waals surface area contributed by atoms with Gasteiger partial charge in [0.05, 0.1) is 34.0 Å². The molecule has 0 spiro atoms. The quantitative estimate of drug-likeness (QED) is 0.311. The van der Waals surface area contributed by atoms with Crippen LogP contribution in [0.3, 0.4) is 0 Å². The van der Waals surface area contributed by atoms with E-state index in [9.17, 15) is 14.9 Å². The summed E-state index contributed by atoms with van der Waals surface area (Å²) in [5.74, 6) is -0.725. The van der Waals surface area contributed by atoms with Crippen LogP contribution in [0, 0.1) is 22.7 Å². The van der Waals surface area contributed by atoms with Crippen molar-refractivity contribution in [1.82, 2.24) is 4.40 Å². The van der Waals surface area contributed by atoms with E-state index in [0.29, 0.717) is 32.8 Å². The standard InChI is InChI=1S/C26H18N4O3S/c27-13-18-6-5-7-20(12-18)29-25(31)17-34-24-10-2-1-8-21(24)26(32)33-16-19-15-30-11-4-3-9-23(30)22(19)14-28/h1-12,15H,16-17H2,(H,29,31). The van der Waals surface area contributed by atoms with Crippen molar-refractivity contribution in [2.75, 3.05) is 11.1 Å². The van der Waals surface area contributed by atoms with E-state index in [1.54, 1.807) is 54.7 Å². The van der Waals surface area contributed by atoms with Gasteiger partial charge in [-0.05, 0) is 42.5 Å². The van der Waals surface area contributed by atoms with Crippen molar-refractivity contribution in [1.29, 1.82) is 10.5 Å². The van der Waals surface area contributed by atoms with Crippen molar-refractivity contribution >= 4 is 34.8 Å². The number of nitriles is 2. The second-order valence-electron chi connectivity index (χ2n) is 7.24. The molecule has 1 amide bonds. The van der Waals surface area contributed by atoms with Gasteiger partial charge in [-0.15, -0.1) is 11.8 Å². The number of nitrogens with one attached hydrogen (secondary N) is 1. The first-order valence-electron chi connectivity index (χ1n) is 10.3. The predicted molar refractivity (Wildman–Crippen MR) is 128 cm³/mol. The second-order valence-corrected chi connectivity index (χ2v) is 8.25. The summed E-state index contributed by atoms with van der Waals surface area (Å²) in [6, 6.07) is 23.3. The monoisotopic (exact) mass is 466 g/mol. The molecule has 2 heterocycles. The van der Waals surface area contributed by atoms with Crippen LogP contribution in [0.25, 0.3) is 5.52 Å². The molecular weight excluding hydrogens is 448 g/mol. The van der Waals surface area contributed by atoms with E-state index in [4.69, 9.17) is 10.00 Å². The van der Waals surface area contributed by atoms with Gasteiger partial charge in [0.15, 0.2) is 0 Å². The largest absolute Gasteiger partial charge is 0.457 e. The van der Waals surface area contributed by atoms with Crippen LogP contribution >= 0.6 is 11.8 Å². The molecule has 0 fully saturated rings. The van der Waals surface area contributed by atoms with Gasteiger partial charge in [0.1, 0.15) is 12.7 Å². The van der Waals surface area contributed by atoms with Crippen molar-refractivity contribution in [3.8, 4) is 12.1 Å². The predicted octanol–water partition coefficient (Wildman–Crippen LogP) is 4.77. The fraction of sp³-hybridized carbons (Fsp3) is 0.0769. The van der Waals surface area contributed by atoms with Crippen molar-refractivity contribution in [2.45, 2.75) is 11.5 Å². The van der Waals surface area contributed by atoms with Crippen molar-refractivity contribution in [2.24, 2.45) is 0 Å². The first-order valence-corrected chi connectivity index (χ1v) is 11.2. The first kappa shape index (κ1) is 22.7. The number of aromatic nitrogens is 1. The molecule has 4 aromatic rings. The molecule has 34 heavy (non-hydrogen) atoms. The minimum Gasteiger partial charge on any atom is -0.457 e. The molecular formula is C26H18N4O3S. The Kier molecular flexibility index (Phi) is 6.92. The molecule has 0 unspecified atom stereocenters. The average molecular weight is 467 g/mol. The average Bonchev–Trinajstić information content (AvgIpc) is 3.23. The molecule has 8 heteroatoms. The Labute approximate surface area is 200 Å². The van der Waals surface area contributed by atoms with Gasteiger partial charge in [0.2, 0.25) is 5.91 Å². The number of rotatable bonds is 7. The highest BCUT2D eigenvalue weighted by atomic mass is 32.2. The normalized spacial score (nSPS) is 10.3. The number of anilines is 1. The minimum absolute atomic E-state index is 0.0435. The van der Waals surface area contributed by atoms with Gasteiger partial charge in [-0.3, -0.25) is 4.79 Å². The Bertz CT molecular complexity index is 1460. The number of carbonyl (C=O) groups is 2.